The molecule has 0 N–H and O–H groups in total. The Morgan fingerprint density at radius 1 is 0.400 bits per heavy atom. The van der Waals surface area contributed by atoms with Crippen LogP contribution in [0.25, 0.3) is 0 Å². The summed E-state index contributed by atoms with van der Waals surface area (Å²) < 4.78 is 0.290. The molecule has 0 aliphatic rings. The van der Waals surface area contributed by atoms with Crippen molar-refractivity contribution >= 4 is 50.5 Å². The molecule has 0 rings (SSSR count). The lowest BCUT2D eigenvalue weighted by Gasteiger charge is -2.03. The molecule has 0 saturated carbocycles. The van der Waals surface area contributed by atoms with Crippen LogP contribution in [0, 0.1) is 0 Å². The number of thiol groups is 4. The van der Waals surface area contributed by atoms with E-state index in [9.17, 15) is 0 Å². The molecule has 0 aliphatic heterocycles. The van der Waals surface area contributed by atoms with Crippen molar-refractivity contribution in [3.05, 3.63) is 0 Å². The Morgan fingerprint density at radius 2 is 0.667 bits per heavy atom. The van der Waals surface area contributed by atoms with Gasteiger partial charge in [0.1, 0.15) is 0 Å². The Hall–Kier alpha value is 1.40. The lowest BCUT2D eigenvalue weighted by molar-refractivity contribution is 0.547. The Bertz CT molecular complexity index is 260. The first-order chi connectivity index (χ1) is 14.7. The predicted molar refractivity (Wildman–Crippen MR) is 157 cm³/mol. The monoisotopic (exact) mass is 496 g/mol. The van der Waals surface area contributed by atoms with Gasteiger partial charge in [0, 0.05) is 4.58 Å². The maximum atomic E-state index is 4.26. The molecule has 0 aliphatic carbocycles. The van der Waals surface area contributed by atoms with Crippen LogP contribution in [0.3, 0.4) is 0 Å². The number of hydrogen-bond donors (Lipinski definition) is 4. The van der Waals surface area contributed by atoms with E-state index in [4.69, 9.17) is 0 Å². The second kappa shape index (κ2) is 32.6. The van der Waals surface area contributed by atoms with Crippen molar-refractivity contribution < 1.29 is 0 Å². The maximum Gasteiger partial charge on any atom is 0.0442 e. The zero-order chi connectivity index (χ0) is 22.5. The number of unbranched alkanes of at least 4 members (excludes halogenated alkanes) is 19. The van der Waals surface area contributed by atoms with Crippen LogP contribution in [0.4, 0.5) is 0 Å². The SMILES string of the molecule is CCCCCCCCCCCCCC(S)S.SCCCCCCCCCCCCS. The topological polar surface area (TPSA) is 0 Å². The van der Waals surface area contributed by atoms with Crippen molar-refractivity contribution in [2.45, 2.75) is 153 Å². The average Bonchev–Trinajstić information content (AvgIpc) is 2.74. The van der Waals surface area contributed by atoms with E-state index in [1.807, 2.05) is 0 Å². The van der Waals surface area contributed by atoms with Gasteiger partial charge >= 0.3 is 0 Å². The first kappa shape index (κ1) is 33.6. The van der Waals surface area contributed by atoms with Crippen molar-refractivity contribution in [1.82, 2.24) is 0 Å². The predicted octanol–water partition coefficient (Wildman–Crippen LogP) is 10.6. The van der Waals surface area contributed by atoms with Crippen LogP contribution in [0.15, 0.2) is 0 Å². The van der Waals surface area contributed by atoms with Crippen molar-refractivity contribution in [1.29, 1.82) is 0 Å². The first-order valence-corrected chi connectivity index (χ1v) is 15.6. The van der Waals surface area contributed by atoms with Gasteiger partial charge in [0.05, 0.1) is 0 Å². The second-order valence-electron chi connectivity index (χ2n) is 8.79. The van der Waals surface area contributed by atoms with Crippen LogP contribution in [0.1, 0.15) is 148 Å². The summed E-state index contributed by atoms with van der Waals surface area (Å²) in [7, 11) is 0. The van der Waals surface area contributed by atoms with Gasteiger partial charge in [-0.25, -0.2) is 0 Å². The summed E-state index contributed by atoms with van der Waals surface area (Å²) in [6.07, 6.45) is 30.6. The van der Waals surface area contributed by atoms with Crippen LogP contribution >= 0.6 is 50.5 Å². The zero-order valence-corrected chi connectivity index (χ0v) is 23.9. The fourth-order valence-electron chi connectivity index (χ4n) is 3.63. The van der Waals surface area contributed by atoms with Gasteiger partial charge in [0.25, 0.3) is 0 Å². The van der Waals surface area contributed by atoms with Gasteiger partial charge < -0.3 is 0 Å². The molecule has 184 valence electrons. The van der Waals surface area contributed by atoms with E-state index in [1.165, 1.54) is 135 Å². The van der Waals surface area contributed by atoms with Gasteiger partial charge in [-0.3, -0.25) is 0 Å². The van der Waals surface area contributed by atoms with E-state index in [0.29, 0.717) is 4.58 Å². The molecule has 0 bridgehead atoms. The summed E-state index contributed by atoms with van der Waals surface area (Å²) in [6, 6.07) is 0. The van der Waals surface area contributed by atoms with Crippen LogP contribution < -0.4 is 0 Å². The third kappa shape index (κ3) is 36.8. The number of hydrogen-bond acceptors (Lipinski definition) is 4. The lowest BCUT2D eigenvalue weighted by atomic mass is 10.1. The van der Waals surface area contributed by atoms with Crippen molar-refractivity contribution in [3.63, 3.8) is 0 Å². The molecule has 0 saturated heterocycles. The highest BCUT2D eigenvalue weighted by Gasteiger charge is 1.96. The molecule has 0 radical (unpaired) electrons. The summed E-state index contributed by atoms with van der Waals surface area (Å²) in [4.78, 5) is 0. The van der Waals surface area contributed by atoms with E-state index >= 15 is 0 Å². The van der Waals surface area contributed by atoms with Gasteiger partial charge in [-0.2, -0.15) is 50.5 Å². The normalized spacial score (nSPS) is 11.0. The summed E-state index contributed by atoms with van der Waals surface area (Å²) in [5, 5.41) is 0. The minimum Gasteiger partial charge on any atom is -0.179 e. The van der Waals surface area contributed by atoms with Crippen molar-refractivity contribution in [2.75, 3.05) is 11.5 Å². The third-order valence-corrected chi connectivity index (χ3v) is 6.78. The molecule has 0 spiro atoms. The van der Waals surface area contributed by atoms with E-state index in [-0.39, 0.29) is 0 Å². The van der Waals surface area contributed by atoms with E-state index in [0.717, 1.165) is 17.9 Å². The highest BCUT2D eigenvalue weighted by molar-refractivity contribution is 7.99. The molecule has 4 heteroatoms. The fourth-order valence-corrected chi connectivity index (χ4v) is 4.44. The van der Waals surface area contributed by atoms with Gasteiger partial charge in [0.15, 0.2) is 0 Å². The molecule has 0 atom stereocenters. The van der Waals surface area contributed by atoms with Crippen LogP contribution in [-0.4, -0.2) is 16.1 Å². The lowest BCUT2D eigenvalue weighted by Crippen LogP contribution is -1.87. The molecule has 0 heterocycles. The Kier molecular flexibility index (Phi) is 36.5. The van der Waals surface area contributed by atoms with E-state index in [1.54, 1.807) is 0 Å². The van der Waals surface area contributed by atoms with Crippen molar-refractivity contribution in [3.8, 4) is 0 Å². The summed E-state index contributed by atoms with van der Waals surface area (Å²) in [5.41, 5.74) is 0. The molecular weight excluding hydrogens is 441 g/mol. The average molecular weight is 497 g/mol. The van der Waals surface area contributed by atoms with E-state index in [2.05, 4.69) is 57.4 Å². The Morgan fingerprint density at radius 3 is 0.933 bits per heavy atom. The van der Waals surface area contributed by atoms with Crippen LogP contribution in [-0.2, 0) is 0 Å². The molecule has 0 nitrogen and oxygen atoms in total. The van der Waals surface area contributed by atoms with Gasteiger partial charge in [-0.1, -0.05) is 129 Å². The highest BCUT2D eigenvalue weighted by atomic mass is 32.2. The Balaban J connectivity index is 0. The standard InChI is InChI=1S/C14H30S2.C12H26S2/c1-2-3-4-5-6-7-8-9-10-11-12-13-14(15)16;13-11-9-7-5-3-1-2-4-6-8-10-12-14/h14-16H,2-13H2,1H3;13-14H,1-12H2. The smallest absolute Gasteiger partial charge is 0.0442 e. The molecule has 0 fully saturated rings. The van der Waals surface area contributed by atoms with Gasteiger partial charge in [-0.15, -0.1) is 0 Å². The second-order valence-corrected chi connectivity index (χ2v) is 11.3. The first-order valence-electron chi connectivity index (χ1n) is 13.3. The summed E-state index contributed by atoms with van der Waals surface area (Å²) >= 11 is 16.9. The minimum atomic E-state index is 0.290. The molecular formula is C26H56S4. The molecule has 0 aromatic rings. The molecule has 30 heavy (non-hydrogen) atoms. The summed E-state index contributed by atoms with van der Waals surface area (Å²) in [5.74, 6) is 2.12. The van der Waals surface area contributed by atoms with Gasteiger partial charge in [0.2, 0.25) is 0 Å². The largest absolute Gasteiger partial charge is 0.179 e. The highest BCUT2D eigenvalue weighted by Crippen LogP contribution is 2.15. The fraction of sp³-hybridized carbons (Fsp3) is 1.00. The molecule has 0 aromatic carbocycles. The van der Waals surface area contributed by atoms with Crippen LogP contribution in [0.2, 0.25) is 0 Å². The van der Waals surface area contributed by atoms with Gasteiger partial charge in [-0.05, 0) is 30.8 Å². The quantitative estimate of drug-likeness (QED) is 0.0603. The Labute approximate surface area is 213 Å². The summed E-state index contributed by atoms with van der Waals surface area (Å²) in [6.45, 7) is 2.28. The van der Waals surface area contributed by atoms with Crippen LogP contribution in [0.5, 0.6) is 0 Å². The zero-order valence-electron chi connectivity index (χ0n) is 20.3. The molecule has 0 amide bonds. The van der Waals surface area contributed by atoms with E-state index < -0.39 is 0 Å². The molecule has 0 unspecified atom stereocenters. The maximum absolute atomic E-state index is 4.26. The molecule has 0 aromatic heterocycles. The minimum absolute atomic E-state index is 0.290. The van der Waals surface area contributed by atoms with Crippen molar-refractivity contribution in [2.24, 2.45) is 0 Å². The third-order valence-electron chi connectivity index (χ3n) is 5.63. The number of rotatable bonds is 23.